The van der Waals surface area contributed by atoms with Crippen LogP contribution in [0.3, 0.4) is 0 Å². The fourth-order valence-corrected chi connectivity index (χ4v) is 4.99. The Morgan fingerprint density at radius 3 is 2.71 bits per heavy atom. The van der Waals surface area contributed by atoms with E-state index >= 15 is 0 Å². The Morgan fingerprint density at radius 2 is 1.94 bits per heavy atom. The van der Waals surface area contributed by atoms with Gasteiger partial charge in [-0.05, 0) is 37.0 Å². The number of carbonyl (C=O) groups excluding carboxylic acids is 2. The highest BCUT2D eigenvalue weighted by molar-refractivity contribution is 5.99. The molecule has 4 heterocycles. The molecular weight excluding hydrogens is 403 g/mol. The van der Waals surface area contributed by atoms with Crippen LogP contribution in [0.1, 0.15) is 45.7 Å². The molecule has 0 saturated carbocycles. The van der Waals surface area contributed by atoms with Crippen molar-refractivity contribution in [1.29, 1.82) is 0 Å². The molecule has 1 aromatic carbocycles. The Labute approximate surface area is 177 Å². The van der Waals surface area contributed by atoms with Crippen molar-refractivity contribution in [3.8, 4) is 5.75 Å². The SMILES string of the molecule is O=C(NCc1ccc(F)cc1)c1cn2c(c(O)c1=O)C(=O)N1CC[C@@H]3CCCN3[C@@H]1C2. The third-order valence-corrected chi connectivity index (χ3v) is 6.56. The second kappa shape index (κ2) is 7.49. The smallest absolute Gasteiger partial charge is 0.275 e. The number of rotatable bonds is 3. The fourth-order valence-electron chi connectivity index (χ4n) is 4.99. The Kier molecular flexibility index (Phi) is 4.77. The van der Waals surface area contributed by atoms with Gasteiger partial charge >= 0.3 is 0 Å². The average Bonchev–Trinajstić information content (AvgIpc) is 3.25. The van der Waals surface area contributed by atoms with Gasteiger partial charge in [0.15, 0.2) is 11.4 Å². The molecule has 2 aromatic rings. The number of pyridine rings is 1. The molecule has 2 atom stereocenters. The van der Waals surface area contributed by atoms with Crippen molar-refractivity contribution in [1.82, 2.24) is 19.7 Å². The summed E-state index contributed by atoms with van der Waals surface area (Å²) in [7, 11) is 0. The van der Waals surface area contributed by atoms with E-state index in [1.165, 1.54) is 35.0 Å². The zero-order valence-corrected chi connectivity index (χ0v) is 16.9. The predicted octanol–water partition coefficient (Wildman–Crippen LogP) is 1.27. The molecule has 8 nitrogen and oxygen atoms in total. The summed E-state index contributed by atoms with van der Waals surface area (Å²) in [4.78, 5) is 42.5. The topological polar surface area (TPSA) is 94.9 Å². The Balaban J connectivity index is 1.43. The van der Waals surface area contributed by atoms with E-state index in [0.29, 0.717) is 24.7 Å². The molecule has 5 rings (SSSR count). The lowest BCUT2D eigenvalue weighted by molar-refractivity contribution is -0.0211. The molecule has 9 heteroatoms. The maximum Gasteiger partial charge on any atom is 0.275 e. The molecule has 162 valence electrons. The Bertz CT molecular complexity index is 1110. The van der Waals surface area contributed by atoms with Crippen LogP contribution in [-0.4, -0.2) is 56.6 Å². The molecule has 0 bridgehead atoms. The molecule has 0 radical (unpaired) electrons. The molecular formula is C22H23FN4O4. The lowest BCUT2D eigenvalue weighted by Gasteiger charge is -2.48. The predicted molar refractivity (Wildman–Crippen MR) is 109 cm³/mol. The minimum Gasteiger partial charge on any atom is -0.503 e. The molecule has 2 fully saturated rings. The minimum absolute atomic E-state index is 0.0611. The largest absolute Gasteiger partial charge is 0.503 e. The highest BCUT2D eigenvalue weighted by atomic mass is 19.1. The second-order valence-electron chi connectivity index (χ2n) is 8.33. The summed E-state index contributed by atoms with van der Waals surface area (Å²) in [6, 6.07) is 6.09. The monoisotopic (exact) mass is 426 g/mol. The second-order valence-corrected chi connectivity index (χ2v) is 8.33. The van der Waals surface area contributed by atoms with Gasteiger partial charge in [-0.3, -0.25) is 19.3 Å². The van der Waals surface area contributed by atoms with E-state index in [0.717, 1.165) is 25.8 Å². The lowest BCUT2D eigenvalue weighted by Crippen LogP contribution is -2.62. The first-order valence-corrected chi connectivity index (χ1v) is 10.5. The normalized spacial score (nSPS) is 22.6. The molecule has 0 unspecified atom stereocenters. The summed E-state index contributed by atoms with van der Waals surface area (Å²) in [6.45, 7) is 2.00. The van der Waals surface area contributed by atoms with Crippen LogP contribution in [0.5, 0.6) is 5.75 Å². The number of amides is 2. The van der Waals surface area contributed by atoms with Gasteiger partial charge in [0, 0.05) is 31.9 Å². The number of hydrogen-bond acceptors (Lipinski definition) is 5. The third-order valence-electron chi connectivity index (χ3n) is 6.56. The maximum absolute atomic E-state index is 13.1. The maximum atomic E-state index is 13.1. The first-order valence-electron chi connectivity index (χ1n) is 10.5. The molecule has 3 aliphatic rings. The number of aromatic hydroxyl groups is 1. The number of carbonyl (C=O) groups is 2. The molecule has 2 N–H and O–H groups in total. The van der Waals surface area contributed by atoms with Crippen molar-refractivity contribution in [3.63, 3.8) is 0 Å². The summed E-state index contributed by atoms with van der Waals surface area (Å²) < 4.78 is 14.6. The van der Waals surface area contributed by atoms with Crippen LogP contribution < -0.4 is 10.7 Å². The van der Waals surface area contributed by atoms with Gasteiger partial charge in [0.1, 0.15) is 17.5 Å². The van der Waals surface area contributed by atoms with Crippen molar-refractivity contribution in [2.75, 3.05) is 13.1 Å². The zero-order chi connectivity index (χ0) is 21.7. The van der Waals surface area contributed by atoms with Gasteiger partial charge in [-0.25, -0.2) is 4.39 Å². The van der Waals surface area contributed by atoms with Gasteiger partial charge in [0.25, 0.3) is 11.8 Å². The highest BCUT2D eigenvalue weighted by Crippen LogP contribution is 2.34. The lowest BCUT2D eigenvalue weighted by atomic mass is 10.0. The number of fused-ring (bicyclic) bond motifs is 4. The zero-order valence-electron chi connectivity index (χ0n) is 16.9. The number of halogens is 1. The molecule has 3 aliphatic heterocycles. The third kappa shape index (κ3) is 3.29. The van der Waals surface area contributed by atoms with Crippen LogP contribution in [0.4, 0.5) is 4.39 Å². The summed E-state index contributed by atoms with van der Waals surface area (Å²) in [6.07, 6.45) is 4.31. The van der Waals surface area contributed by atoms with Crippen LogP contribution in [0, 0.1) is 5.82 Å². The first-order chi connectivity index (χ1) is 14.9. The Morgan fingerprint density at radius 1 is 1.16 bits per heavy atom. The van der Waals surface area contributed by atoms with Gasteiger partial charge in [-0.15, -0.1) is 0 Å². The van der Waals surface area contributed by atoms with E-state index in [4.69, 9.17) is 0 Å². The van der Waals surface area contributed by atoms with Crippen molar-refractivity contribution < 1.29 is 19.1 Å². The number of nitrogens with one attached hydrogen (secondary N) is 1. The van der Waals surface area contributed by atoms with E-state index in [9.17, 15) is 23.9 Å². The van der Waals surface area contributed by atoms with Crippen LogP contribution in [0.25, 0.3) is 0 Å². The van der Waals surface area contributed by atoms with E-state index < -0.39 is 17.1 Å². The molecule has 0 spiro atoms. The van der Waals surface area contributed by atoms with Crippen molar-refractivity contribution >= 4 is 11.8 Å². The molecule has 1 aromatic heterocycles. The van der Waals surface area contributed by atoms with Gasteiger partial charge in [-0.2, -0.15) is 0 Å². The van der Waals surface area contributed by atoms with Gasteiger partial charge in [0.05, 0.1) is 6.54 Å². The van der Waals surface area contributed by atoms with E-state index in [1.807, 2.05) is 0 Å². The molecule has 0 aliphatic carbocycles. The van der Waals surface area contributed by atoms with Crippen molar-refractivity contribution in [2.24, 2.45) is 0 Å². The molecule has 2 saturated heterocycles. The fraction of sp³-hybridized carbons (Fsp3) is 0.409. The van der Waals surface area contributed by atoms with Crippen LogP contribution in [0.2, 0.25) is 0 Å². The molecule has 31 heavy (non-hydrogen) atoms. The van der Waals surface area contributed by atoms with Crippen molar-refractivity contribution in [2.45, 2.75) is 44.6 Å². The summed E-state index contributed by atoms with van der Waals surface area (Å²) in [5, 5.41) is 13.1. The summed E-state index contributed by atoms with van der Waals surface area (Å²) in [5.41, 5.74) is -0.483. The van der Waals surface area contributed by atoms with Gasteiger partial charge < -0.3 is 19.9 Å². The summed E-state index contributed by atoms with van der Waals surface area (Å²) >= 11 is 0. The quantitative estimate of drug-likeness (QED) is 0.771. The number of nitrogens with zero attached hydrogens (tertiary/aromatic N) is 3. The summed E-state index contributed by atoms with van der Waals surface area (Å²) in [5.74, 6) is -2.11. The van der Waals surface area contributed by atoms with E-state index in [2.05, 4.69) is 10.2 Å². The Hall–Kier alpha value is -3.20. The van der Waals surface area contributed by atoms with E-state index in [1.54, 1.807) is 4.90 Å². The van der Waals surface area contributed by atoms with Crippen LogP contribution in [-0.2, 0) is 13.1 Å². The first kappa shape index (κ1) is 19.7. The average molecular weight is 426 g/mol. The van der Waals surface area contributed by atoms with Crippen LogP contribution >= 0.6 is 0 Å². The minimum atomic E-state index is -0.870. The highest BCUT2D eigenvalue weighted by Gasteiger charge is 2.45. The number of benzene rings is 1. The number of aromatic nitrogens is 1. The standard InChI is InChI=1S/C22H23FN4O4/c23-14-5-3-13(4-6-14)10-24-21(30)16-11-25-12-17-26-8-1-2-15(26)7-9-27(17)22(31)18(25)20(29)19(16)28/h3-6,11,15,17,29H,1-2,7-10,12H2,(H,24,30)/t15-,17-/m0/s1. The molecule has 2 amide bonds. The van der Waals surface area contributed by atoms with Crippen molar-refractivity contribution in [3.05, 3.63) is 63.3 Å². The van der Waals surface area contributed by atoms with E-state index in [-0.39, 0.29) is 35.7 Å². The number of hydrogen-bond donors (Lipinski definition) is 2. The van der Waals surface area contributed by atoms with Gasteiger partial charge in [0.2, 0.25) is 5.43 Å². The van der Waals surface area contributed by atoms with Gasteiger partial charge in [-0.1, -0.05) is 12.1 Å². The van der Waals surface area contributed by atoms with Crippen LogP contribution in [0.15, 0.2) is 35.3 Å².